The molecule has 1 N–H and O–H groups in total. The summed E-state index contributed by atoms with van der Waals surface area (Å²) in [7, 11) is 1.72. The van der Waals surface area contributed by atoms with Crippen molar-refractivity contribution in [3.63, 3.8) is 0 Å². The highest BCUT2D eigenvalue weighted by atomic mass is 35.5. The molecule has 0 aliphatic carbocycles. The fourth-order valence-corrected chi connectivity index (χ4v) is 2.63. The summed E-state index contributed by atoms with van der Waals surface area (Å²) in [6.07, 6.45) is 0. The predicted octanol–water partition coefficient (Wildman–Crippen LogP) is 3.98. The van der Waals surface area contributed by atoms with Crippen LogP contribution in [0.3, 0.4) is 0 Å². The van der Waals surface area contributed by atoms with E-state index in [0.717, 1.165) is 5.56 Å². The maximum atomic E-state index is 11.0. The molecule has 104 valence electrons. The van der Waals surface area contributed by atoms with Gasteiger partial charge in [0.25, 0.3) is 0 Å². The van der Waals surface area contributed by atoms with Gasteiger partial charge in [-0.15, -0.1) is 0 Å². The topological polar surface area (TPSA) is 68.1 Å². The van der Waals surface area contributed by atoms with Crippen molar-refractivity contribution in [2.75, 3.05) is 12.4 Å². The van der Waals surface area contributed by atoms with Crippen LogP contribution in [-0.2, 0) is 5.75 Å². The van der Waals surface area contributed by atoms with Crippen LogP contribution in [0.25, 0.3) is 0 Å². The van der Waals surface area contributed by atoms with Gasteiger partial charge in [-0.2, -0.15) is 0 Å². The van der Waals surface area contributed by atoms with Crippen molar-refractivity contribution in [1.82, 2.24) is 4.98 Å². The van der Waals surface area contributed by atoms with E-state index in [1.54, 1.807) is 25.2 Å². The highest BCUT2D eigenvalue weighted by molar-refractivity contribution is 7.98. The van der Waals surface area contributed by atoms with Crippen molar-refractivity contribution < 1.29 is 4.92 Å². The summed E-state index contributed by atoms with van der Waals surface area (Å²) in [6.45, 7) is 0. The third kappa shape index (κ3) is 3.61. The van der Waals surface area contributed by atoms with Gasteiger partial charge in [-0.3, -0.25) is 10.1 Å². The summed E-state index contributed by atoms with van der Waals surface area (Å²) >= 11 is 7.15. The largest absolute Gasteiger partial charge is 0.373 e. The van der Waals surface area contributed by atoms with Crippen molar-refractivity contribution in [2.24, 2.45) is 0 Å². The minimum atomic E-state index is -0.420. The van der Waals surface area contributed by atoms with Gasteiger partial charge in [-0.05, 0) is 23.8 Å². The Balaban J connectivity index is 2.18. The molecule has 0 amide bonds. The Labute approximate surface area is 125 Å². The lowest BCUT2D eigenvalue weighted by atomic mass is 10.2. The lowest BCUT2D eigenvalue weighted by Gasteiger charge is -2.05. The van der Waals surface area contributed by atoms with Gasteiger partial charge in [0, 0.05) is 23.9 Å². The van der Waals surface area contributed by atoms with E-state index in [0.29, 0.717) is 21.6 Å². The van der Waals surface area contributed by atoms with Crippen LogP contribution in [0, 0.1) is 10.1 Å². The van der Waals surface area contributed by atoms with Gasteiger partial charge in [0.2, 0.25) is 0 Å². The SMILES string of the molecule is CNc1ccc([N+](=O)[O-])c(SCc2ccc(Cl)cc2)n1. The smallest absolute Gasteiger partial charge is 0.301 e. The first-order valence-electron chi connectivity index (χ1n) is 5.80. The monoisotopic (exact) mass is 309 g/mol. The zero-order valence-corrected chi connectivity index (χ0v) is 12.2. The lowest BCUT2D eigenvalue weighted by molar-refractivity contribution is -0.388. The Hall–Kier alpha value is -1.79. The molecule has 20 heavy (non-hydrogen) atoms. The van der Waals surface area contributed by atoms with Crippen LogP contribution in [0.4, 0.5) is 11.5 Å². The molecule has 7 heteroatoms. The molecule has 0 aliphatic heterocycles. The van der Waals surface area contributed by atoms with Crippen LogP contribution in [0.1, 0.15) is 5.56 Å². The number of aromatic nitrogens is 1. The van der Waals surface area contributed by atoms with E-state index >= 15 is 0 Å². The molecule has 5 nitrogen and oxygen atoms in total. The number of anilines is 1. The van der Waals surface area contributed by atoms with E-state index in [1.807, 2.05) is 12.1 Å². The highest BCUT2D eigenvalue weighted by Crippen LogP contribution is 2.31. The van der Waals surface area contributed by atoms with E-state index in [-0.39, 0.29) is 5.69 Å². The zero-order chi connectivity index (χ0) is 14.5. The van der Waals surface area contributed by atoms with Gasteiger partial charge < -0.3 is 5.32 Å². The van der Waals surface area contributed by atoms with Crippen molar-refractivity contribution in [3.05, 3.63) is 57.1 Å². The van der Waals surface area contributed by atoms with Crippen LogP contribution >= 0.6 is 23.4 Å². The number of nitro groups is 1. The summed E-state index contributed by atoms with van der Waals surface area (Å²) in [5.74, 6) is 1.20. The number of hydrogen-bond donors (Lipinski definition) is 1. The molecule has 0 fully saturated rings. The highest BCUT2D eigenvalue weighted by Gasteiger charge is 2.16. The Morgan fingerprint density at radius 2 is 2.00 bits per heavy atom. The summed E-state index contributed by atoms with van der Waals surface area (Å²) in [5.41, 5.74) is 1.05. The van der Waals surface area contributed by atoms with Gasteiger partial charge >= 0.3 is 5.69 Å². The molecule has 2 rings (SSSR count). The van der Waals surface area contributed by atoms with E-state index < -0.39 is 4.92 Å². The van der Waals surface area contributed by atoms with E-state index in [9.17, 15) is 10.1 Å². The Bertz CT molecular complexity index is 620. The van der Waals surface area contributed by atoms with Gasteiger partial charge in [-0.1, -0.05) is 35.5 Å². The first-order chi connectivity index (χ1) is 9.60. The number of pyridine rings is 1. The van der Waals surface area contributed by atoms with E-state index in [1.165, 1.54) is 17.8 Å². The minimum Gasteiger partial charge on any atom is -0.373 e. The Morgan fingerprint density at radius 3 is 2.60 bits per heavy atom. The van der Waals surface area contributed by atoms with Gasteiger partial charge in [0.05, 0.1) is 4.92 Å². The maximum absolute atomic E-state index is 11.0. The fraction of sp³-hybridized carbons (Fsp3) is 0.154. The second kappa shape index (κ2) is 6.58. The number of nitrogens with zero attached hydrogens (tertiary/aromatic N) is 2. The molecule has 0 spiro atoms. The number of nitrogens with one attached hydrogen (secondary N) is 1. The van der Waals surface area contributed by atoms with Gasteiger partial charge in [-0.25, -0.2) is 4.98 Å². The van der Waals surface area contributed by atoms with Crippen LogP contribution in [-0.4, -0.2) is 17.0 Å². The second-order valence-electron chi connectivity index (χ2n) is 3.94. The predicted molar refractivity (Wildman–Crippen MR) is 81.5 cm³/mol. The molecular weight excluding hydrogens is 298 g/mol. The zero-order valence-electron chi connectivity index (χ0n) is 10.7. The Kier molecular flexibility index (Phi) is 4.81. The molecule has 1 aromatic carbocycles. The lowest BCUT2D eigenvalue weighted by Crippen LogP contribution is -1.98. The molecule has 0 atom stereocenters. The number of benzene rings is 1. The van der Waals surface area contributed by atoms with Gasteiger partial charge in [0.1, 0.15) is 5.82 Å². The molecule has 0 aliphatic rings. The minimum absolute atomic E-state index is 0.0166. The fourth-order valence-electron chi connectivity index (χ4n) is 1.55. The third-order valence-corrected chi connectivity index (χ3v) is 3.89. The summed E-state index contributed by atoms with van der Waals surface area (Å²) in [6, 6.07) is 10.4. The van der Waals surface area contributed by atoms with E-state index in [2.05, 4.69) is 10.3 Å². The number of hydrogen-bond acceptors (Lipinski definition) is 5. The Morgan fingerprint density at radius 1 is 1.30 bits per heavy atom. The number of thioether (sulfide) groups is 1. The second-order valence-corrected chi connectivity index (χ2v) is 5.34. The van der Waals surface area contributed by atoms with Crippen molar-refractivity contribution in [3.8, 4) is 0 Å². The molecule has 0 saturated carbocycles. The summed E-state index contributed by atoms with van der Waals surface area (Å²) in [4.78, 5) is 14.8. The van der Waals surface area contributed by atoms with Crippen molar-refractivity contribution in [1.29, 1.82) is 0 Å². The maximum Gasteiger partial charge on any atom is 0.301 e. The standard InChI is InChI=1S/C13H12ClN3O2S/c1-15-12-7-6-11(17(18)19)13(16-12)20-8-9-2-4-10(14)5-3-9/h2-7H,8H2,1H3,(H,15,16). The average Bonchev–Trinajstić information content (AvgIpc) is 2.46. The van der Waals surface area contributed by atoms with Gasteiger partial charge in [0.15, 0.2) is 5.03 Å². The average molecular weight is 310 g/mol. The summed E-state index contributed by atoms with van der Waals surface area (Å²) in [5, 5.41) is 14.9. The van der Waals surface area contributed by atoms with Crippen LogP contribution in [0.5, 0.6) is 0 Å². The third-order valence-electron chi connectivity index (χ3n) is 2.58. The number of halogens is 1. The first-order valence-corrected chi connectivity index (χ1v) is 7.17. The van der Waals surface area contributed by atoms with Crippen LogP contribution in [0.15, 0.2) is 41.4 Å². The molecule has 0 unspecified atom stereocenters. The molecule has 1 aromatic heterocycles. The normalized spacial score (nSPS) is 10.3. The summed E-state index contributed by atoms with van der Waals surface area (Å²) < 4.78 is 0. The van der Waals surface area contributed by atoms with Crippen LogP contribution < -0.4 is 5.32 Å². The van der Waals surface area contributed by atoms with Crippen LogP contribution in [0.2, 0.25) is 5.02 Å². The molecule has 0 bridgehead atoms. The molecule has 0 radical (unpaired) electrons. The molecule has 1 heterocycles. The quantitative estimate of drug-likeness (QED) is 0.514. The number of rotatable bonds is 5. The first kappa shape index (κ1) is 14.6. The molecule has 0 saturated heterocycles. The van der Waals surface area contributed by atoms with E-state index in [4.69, 9.17) is 11.6 Å². The molecular formula is C13H12ClN3O2S. The molecule has 2 aromatic rings. The van der Waals surface area contributed by atoms with Crippen molar-refractivity contribution in [2.45, 2.75) is 10.8 Å². The van der Waals surface area contributed by atoms with Crippen molar-refractivity contribution >= 4 is 34.9 Å².